The summed E-state index contributed by atoms with van der Waals surface area (Å²) in [6.45, 7) is 12.5. The lowest BCUT2D eigenvalue weighted by Crippen LogP contribution is -2.54. The van der Waals surface area contributed by atoms with Crippen LogP contribution >= 0.6 is 0 Å². The molecule has 0 heterocycles. The average Bonchev–Trinajstić information content (AvgIpc) is 0.821. The van der Waals surface area contributed by atoms with Crippen LogP contribution in [0.2, 0.25) is 0 Å². The van der Waals surface area contributed by atoms with Crippen molar-refractivity contribution in [2.45, 2.75) is 605 Å². The fourth-order valence-corrected chi connectivity index (χ4v) is 16.5. The van der Waals surface area contributed by atoms with E-state index in [1.807, 2.05) is 0 Å². The summed E-state index contributed by atoms with van der Waals surface area (Å²) < 4.78 is 38.7. The third-order valence-corrected chi connectivity index (χ3v) is 24.8. The molecule has 0 aromatic rings. The van der Waals surface area contributed by atoms with Crippen LogP contribution in [0.15, 0.2) is 72.9 Å². The fourth-order valence-electron chi connectivity index (χ4n) is 16.5. The molecular formula is C114H208O13. The number of ether oxygens (including phenoxy) is 6. The van der Waals surface area contributed by atoms with Gasteiger partial charge < -0.3 is 33.9 Å². The van der Waals surface area contributed by atoms with Gasteiger partial charge in [-0.3, -0.25) is 28.8 Å². The van der Waals surface area contributed by atoms with Gasteiger partial charge in [0.1, 0.15) is 13.2 Å². The summed E-state index contributed by atoms with van der Waals surface area (Å²) in [4.78, 5) is 87.4. The predicted molar refractivity (Wildman–Crippen MR) is 542 cm³/mol. The zero-order valence-electron chi connectivity index (χ0n) is 84.4. The molecule has 0 aliphatic carbocycles. The van der Waals surface area contributed by atoms with E-state index in [4.69, 9.17) is 28.4 Å². The molecular weight excluding hydrogens is 1580 g/mol. The highest BCUT2D eigenvalue weighted by atomic mass is 16.6. The summed E-state index contributed by atoms with van der Waals surface area (Å²) in [6, 6.07) is 0. The monoisotopic (exact) mass is 1790 g/mol. The quantitative estimate of drug-likeness (QED) is 0.0243. The normalized spacial score (nSPS) is 12.8. The summed E-state index contributed by atoms with van der Waals surface area (Å²) in [7, 11) is 0. The second-order valence-electron chi connectivity index (χ2n) is 37.3. The van der Waals surface area contributed by atoms with Gasteiger partial charge in [0, 0.05) is 38.5 Å². The second kappa shape index (κ2) is 105. The highest BCUT2D eigenvalue weighted by molar-refractivity contribution is 5.73. The largest absolute Gasteiger partial charge is 0.462 e. The van der Waals surface area contributed by atoms with Crippen molar-refractivity contribution in [1.29, 1.82) is 0 Å². The molecule has 4 atom stereocenters. The highest BCUT2D eigenvalue weighted by Crippen LogP contribution is 2.27. The Kier molecular flexibility index (Phi) is 103. The number of carbonyl (C=O) groups excluding carboxylic acids is 6. The summed E-state index contributed by atoms with van der Waals surface area (Å²) in [5.74, 6) is -3.37. The van der Waals surface area contributed by atoms with E-state index in [9.17, 15) is 28.8 Å². The Morgan fingerprint density at radius 1 is 0.165 bits per heavy atom. The van der Waals surface area contributed by atoms with Gasteiger partial charge in [0.2, 0.25) is 0 Å². The first-order valence-corrected chi connectivity index (χ1v) is 55.0. The first-order chi connectivity index (χ1) is 62.1. The number of unbranched alkanes of at least 4 members (excludes halogenated alkanes) is 66. The smallest absolute Gasteiger partial charge is 0.306 e. The third kappa shape index (κ3) is 94.2. The number of carbonyl (C=O) groups is 6. The van der Waals surface area contributed by atoms with Crippen LogP contribution in [0, 0.1) is 0 Å². The van der Waals surface area contributed by atoms with Gasteiger partial charge in [-0.25, -0.2) is 0 Å². The fraction of sp³-hybridized carbons (Fsp3) is 0.842. The second-order valence-corrected chi connectivity index (χ2v) is 37.3. The standard InChI is InChI=1S/C114H206O12.H2O/c1-7-13-19-25-31-37-43-49-55-61-67-73-79-85-91-97-107(115)121-103-105(123-109(117)99-93-87-81-75-69-63-57-51-45-39-33-27-21-15-9-3)113(125-111(119)101-95-89-83-77-71-65-59-53-47-41-35-29-23-17-11-5)114(126-112(120)102-96-90-84-78-72-66-60-54-48-42-36-30-24-18-12-6)106(124-110(118)100-94-88-82-76-70-64-58-52-46-40-34-28-22-16-10-4)104-122-108(116)98-92-86-80-74-68-62-56-50-44-38-32-26-20-14-8-2;/h49-60,105-106,113-114H,7-48,61-104H2,1-6H3;1H2/b55-49-,56-50-,57-51-,58-52-,59-53-,60-54-;/t105-,106+,113-,114-;/m1./s1. The molecule has 0 fully saturated rings. The first-order valence-electron chi connectivity index (χ1n) is 55.0. The van der Waals surface area contributed by atoms with Crippen LogP contribution in [-0.4, -0.2) is 78.9 Å². The average molecular weight is 1790 g/mol. The molecule has 0 aromatic heterocycles. The molecule has 742 valence electrons. The maximum absolute atomic E-state index is 14.9. The van der Waals surface area contributed by atoms with E-state index in [1.54, 1.807) is 0 Å². The van der Waals surface area contributed by atoms with E-state index in [1.165, 1.54) is 231 Å². The number of hydrogen-bond donors (Lipinski definition) is 0. The van der Waals surface area contributed by atoms with Crippen molar-refractivity contribution in [1.82, 2.24) is 0 Å². The molecule has 0 amide bonds. The van der Waals surface area contributed by atoms with Crippen molar-refractivity contribution in [3.05, 3.63) is 72.9 Å². The summed E-state index contributed by atoms with van der Waals surface area (Å²) >= 11 is 0. The maximum Gasteiger partial charge on any atom is 0.306 e. The Morgan fingerprint density at radius 3 is 0.449 bits per heavy atom. The van der Waals surface area contributed by atoms with Crippen molar-refractivity contribution < 1.29 is 62.7 Å². The minimum Gasteiger partial charge on any atom is -0.462 e. The molecule has 0 unspecified atom stereocenters. The Bertz CT molecular complexity index is 2360. The first kappa shape index (κ1) is 124. The van der Waals surface area contributed by atoms with Crippen LogP contribution < -0.4 is 0 Å². The molecule has 13 nitrogen and oxygen atoms in total. The van der Waals surface area contributed by atoms with Gasteiger partial charge in [-0.1, -0.05) is 423 Å². The third-order valence-electron chi connectivity index (χ3n) is 24.8. The van der Waals surface area contributed by atoms with E-state index >= 15 is 0 Å². The van der Waals surface area contributed by atoms with Crippen LogP contribution in [0.5, 0.6) is 0 Å². The minimum absolute atomic E-state index is 0. The van der Waals surface area contributed by atoms with Crippen LogP contribution in [-0.2, 0) is 57.2 Å². The van der Waals surface area contributed by atoms with Crippen molar-refractivity contribution >= 4 is 35.8 Å². The van der Waals surface area contributed by atoms with Crippen molar-refractivity contribution in [2.75, 3.05) is 13.2 Å². The Hall–Kier alpha value is -4.78. The molecule has 2 N–H and O–H groups in total. The van der Waals surface area contributed by atoms with E-state index in [0.29, 0.717) is 38.5 Å². The lowest BCUT2D eigenvalue weighted by molar-refractivity contribution is -0.209. The summed E-state index contributed by atoms with van der Waals surface area (Å²) in [5, 5.41) is 0. The van der Waals surface area contributed by atoms with Crippen LogP contribution in [0.3, 0.4) is 0 Å². The molecule has 0 aliphatic heterocycles. The van der Waals surface area contributed by atoms with Gasteiger partial charge in [-0.15, -0.1) is 0 Å². The minimum atomic E-state index is -1.63. The molecule has 13 heteroatoms. The molecule has 0 spiro atoms. The van der Waals surface area contributed by atoms with Crippen molar-refractivity contribution in [2.24, 2.45) is 0 Å². The van der Waals surface area contributed by atoms with Gasteiger partial charge in [-0.2, -0.15) is 0 Å². The van der Waals surface area contributed by atoms with Gasteiger partial charge >= 0.3 is 35.8 Å². The Balaban J connectivity index is 0. The van der Waals surface area contributed by atoms with Gasteiger partial charge in [0.05, 0.1) is 0 Å². The van der Waals surface area contributed by atoms with Crippen LogP contribution in [0.25, 0.3) is 0 Å². The molecule has 0 saturated heterocycles. The van der Waals surface area contributed by atoms with Crippen molar-refractivity contribution in [3.63, 3.8) is 0 Å². The van der Waals surface area contributed by atoms with Crippen molar-refractivity contribution in [3.8, 4) is 0 Å². The summed E-state index contributed by atoms with van der Waals surface area (Å²) in [5.41, 5.74) is 0. The van der Waals surface area contributed by atoms with E-state index < -0.39 is 73.4 Å². The lowest BCUT2D eigenvalue weighted by Gasteiger charge is -2.36. The molecule has 0 rings (SSSR count). The number of rotatable bonds is 101. The molecule has 0 aliphatic rings. The zero-order valence-corrected chi connectivity index (χ0v) is 84.4. The molecule has 0 aromatic carbocycles. The van der Waals surface area contributed by atoms with Gasteiger partial charge in [0.25, 0.3) is 0 Å². The number of allylic oxidation sites excluding steroid dienone is 12. The molecule has 0 bridgehead atoms. The van der Waals surface area contributed by atoms with E-state index in [0.717, 1.165) is 231 Å². The van der Waals surface area contributed by atoms with E-state index in [-0.39, 0.29) is 44.0 Å². The van der Waals surface area contributed by atoms with Gasteiger partial charge in [-0.05, 0) is 193 Å². The number of esters is 6. The zero-order chi connectivity index (χ0) is 91.3. The van der Waals surface area contributed by atoms with Crippen LogP contribution in [0.1, 0.15) is 581 Å². The topological polar surface area (TPSA) is 189 Å². The van der Waals surface area contributed by atoms with Crippen LogP contribution in [0.4, 0.5) is 0 Å². The molecule has 0 saturated carbocycles. The molecule has 127 heavy (non-hydrogen) atoms. The van der Waals surface area contributed by atoms with Gasteiger partial charge in [0.15, 0.2) is 24.4 Å². The lowest BCUT2D eigenvalue weighted by atomic mass is 10.0. The molecule has 0 radical (unpaired) electrons. The highest BCUT2D eigenvalue weighted by Gasteiger charge is 2.46. The maximum atomic E-state index is 14.9. The predicted octanol–water partition coefficient (Wildman–Crippen LogP) is 35.1. The number of hydrogen-bond acceptors (Lipinski definition) is 12. The SMILES string of the molecule is CCCCCCCC/C=C\CCCCCCCC(=O)OC[C@H](OC(=O)CCCCCCC/C=C\CCCCCCCC)[C@@H](OC(=O)CCCCCCC/C=C\CCCCCCCC)[C@H](OC(=O)CCCCCCC/C=C\CCCCCCCC)[C@@H](COC(=O)CCCCCCC/C=C\CCCCCCCC)OC(=O)CCCCCCC/C=C\CCCCCCCC.O. The Labute approximate surface area is 785 Å². The Morgan fingerprint density at radius 2 is 0.291 bits per heavy atom. The summed E-state index contributed by atoms with van der Waals surface area (Å²) in [6.07, 6.45) is 108. The van der Waals surface area contributed by atoms with E-state index in [2.05, 4.69) is 114 Å².